The van der Waals surface area contributed by atoms with Crippen LogP contribution in [0.5, 0.6) is 5.75 Å². The normalized spacial score (nSPS) is 13.2. The Morgan fingerprint density at radius 2 is 1.92 bits per heavy atom. The van der Waals surface area contributed by atoms with Gasteiger partial charge in [0, 0.05) is 0 Å². The summed E-state index contributed by atoms with van der Waals surface area (Å²) in [7, 11) is 0. The van der Waals surface area contributed by atoms with E-state index in [1.54, 1.807) is 12.1 Å². The lowest BCUT2D eigenvalue weighted by Gasteiger charge is -2.22. The highest BCUT2D eigenvalue weighted by Gasteiger charge is 2.22. The molecule has 0 fully saturated rings. The van der Waals surface area contributed by atoms with Gasteiger partial charge in [-0.15, -0.1) is 0 Å². The fourth-order valence-electron chi connectivity index (χ4n) is 2.63. The Bertz CT molecular complexity index is 715. The van der Waals surface area contributed by atoms with E-state index in [1.807, 2.05) is 39.8 Å². The van der Waals surface area contributed by atoms with Crippen LogP contribution >= 0.6 is 0 Å². The molecule has 2 rings (SSSR count). The van der Waals surface area contributed by atoms with Crippen molar-refractivity contribution in [3.05, 3.63) is 65.0 Å². The van der Waals surface area contributed by atoms with Gasteiger partial charge in [-0.25, -0.2) is 4.39 Å². The number of rotatable bonds is 6. The number of ether oxygens (including phenoxy) is 1. The Balaban J connectivity index is 2.09. The second-order valence-electron chi connectivity index (χ2n) is 6.04. The fraction of sp³-hybridized carbons (Fsp3) is 0.350. The van der Waals surface area contributed by atoms with Gasteiger partial charge in [0.1, 0.15) is 0 Å². The van der Waals surface area contributed by atoms with Crippen molar-refractivity contribution in [3.8, 4) is 5.75 Å². The molecule has 24 heavy (non-hydrogen) atoms. The summed E-state index contributed by atoms with van der Waals surface area (Å²) < 4.78 is 19.3. The lowest BCUT2D eigenvalue weighted by molar-refractivity contribution is -0.128. The minimum absolute atomic E-state index is 0.0962. The zero-order valence-electron chi connectivity index (χ0n) is 14.6. The van der Waals surface area contributed by atoms with E-state index < -0.39 is 11.9 Å². The lowest BCUT2D eigenvalue weighted by Crippen LogP contribution is -2.39. The first-order valence-corrected chi connectivity index (χ1v) is 8.21. The van der Waals surface area contributed by atoms with Crippen LogP contribution in [0.2, 0.25) is 0 Å². The monoisotopic (exact) mass is 329 g/mol. The van der Waals surface area contributed by atoms with Crippen LogP contribution in [-0.2, 0) is 4.79 Å². The summed E-state index contributed by atoms with van der Waals surface area (Å²) in [5.74, 6) is -0.612. The molecule has 2 aromatic carbocycles. The summed E-state index contributed by atoms with van der Waals surface area (Å²) in [6, 6.07) is 12.1. The summed E-state index contributed by atoms with van der Waals surface area (Å²) in [4.78, 5) is 12.5. The molecule has 2 aromatic rings. The van der Waals surface area contributed by atoms with Gasteiger partial charge in [0.25, 0.3) is 5.91 Å². The van der Waals surface area contributed by atoms with Crippen molar-refractivity contribution in [1.29, 1.82) is 0 Å². The van der Waals surface area contributed by atoms with Crippen molar-refractivity contribution >= 4 is 5.91 Å². The first-order chi connectivity index (χ1) is 11.4. The minimum atomic E-state index is -0.727. The summed E-state index contributed by atoms with van der Waals surface area (Å²) in [6.45, 7) is 7.82. The molecular weight excluding hydrogens is 305 g/mol. The number of carbonyl (C=O) groups excluding carboxylic acids is 1. The molecule has 0 bridgehead atoms. The van der Waals surface area contributed by atoms with Gasteiger partial charge in [0.15, 0.2) is 17.7 Å². The van der Waals surface area contributed by atoms with E-state index in [0.29, 0.717) is 6.42 Å². The number of para-hydroxylation sites is 1. The van der Waals surface area contributed by atoms with Gasteiger partial charge >= 0.3 is 0 Å². The molecule has 0 radical (unpaired) electrons. The number of aryl methyl sites for hydroxylation is 2. The maximum atomic E-state index is 13.7. The first-order valence-electron chi connectivity index (χ1n) is 8.21. The third-order valence-corrected chi connectivity index (χ3v) is 4.03. The maximum Gasteiger partial charge on any atom is 0.261 e. The van der Waals surface area contributed by atoms with E-state index in [1.165, 1.54) is 12.1 Å². The van der Waals surface area contributed by atoms with E-state index in [-0.39, 0.29) is 17.7 Å². The van der Waals surface area contributed by atoms with Crippen LogP contribution in [0.4, 0.5) is 4.39 Å². The fourth-order valence-corrected chi connectivity index (χ4v) is 2.63. The highest BCUT2D eigenvalue weighted by molar-refractivity contribution is 5.81. The van der Waals surface area contributed by atoms with Gasteiger partial charge in [-0.3, -0.25) is 4.79 Å². The van der Waals surface area contributed by atoms with Gasteiger partial charge in [0.2, 0.25) is 0 Å². The third-order valence-electron chi connectivity index (χ3n) is 4.03. The molecule has 0 saturated heterocycles. The summed E-state index contributed by atoms with van der Waals surface area (Å²) >= 11 is 0. The molecule has 1 N–H and O–H groups in total. The molecule has 1 amide bonds. The summed E-state index contributed by atoms with van der Waals surface area (Å²) in [5, 5.41) is 2.97. The molecule has 3 nitrogen and oxygen atoms in total. The van der Waals surface area contributed by atoms with Gasteiger partial charge in [-0.1, -0.05) is 42.8 Å². The predicted molar refractivity (Wildman–Crippen MR) is 93.6 cm³/mol. The minimum Gasteiger partial charge on any atom is -0.478 e. The highest BCUT2D eigenvalue weighted by Crippen LogP contribution is 2.21. The number of amides is 1. The number of carbonyl (C=O) groups is 1. The van der Waals surface area contributed by atoms with Gasteiger partial charge in [-0.2, -0.15) is 0 Å². The quantitative estimate of drug-likeness (QED) is 0.849. The topological polar surface area (TPSA) is 38.3 Å². The van der Waals surface area contributed by atoms with Crippen molar-refractivity contribution in [1.82, 2.24) is 5.32 Å². The number of halogens is 1. The zero-order valence-corrected chi connectivity index (χ0v) is 14.6. The molecule has 0 spiro atoms. The van der Waals surface area contributed by atoms with Crippen LogP contribution < -0.4 is 10.1 Å². The Kier molecular flexibility index (Phi) is 5.96. The van der Waals surface area contributed by atoms with Crippen LogP contribution in [0, 0.1) is 19.7 Å². The SMILES string of the molecule is CC[C@H](Oc1ccccc1F)C(=O)N[C@H](C)c1cc(C)ccc1C. The maximum absolute atomic E-state index is 13.7. The second kappa shape index (κ2) is 7.95. The molecular formula is C20H24FNO2. The average Bonchev–Trinajstić information content (AvgIpc) is 2.56. The van der Waals surface area contributed by atoms with Crippen molar-refractivity contribution < 1.29 is 13.9 Å². The van der Waals surface area contributed by atoms with E-state index in [9.17, 15) is 9.18 Å². The second-order valence-corrected chi connectivity index (χ2v) is 6.04. The van der Waals surface area contributed by atoms with Gasteiger partial charge in [-0.05, 0) is 50.5 Å². The van der Waals surface area contributed by atoms with E-state index >= 15 is 0 Å². The zero-order chi connectivity index (χ0) is 17.7. The van der Waals surface area contributed by atoms with E-state index in [0.717, 1.165) is 16.7 Å². The van der Waals surface area contributed by atoms with Crippen molar-refractivity contribution in [3.63, 3.8) is 0 Å². The van der Waals surface area contributed by atoms with Gasteiger partial charge < -0.3 is 10.1 Å². The molecule has 0 heterocycles. The highest BCUT2D eigenvalue weighted by atomic mass is 19.1. The van der Waals surface area contributed by atoms with E-state index in [2.05, 4.69) is 11.4 Å². The average molecular weight is 329 g/mol. The predicted octanol–water partition coefficient (Wildman–Crippen LogP) is 4.48. The van der Waals surface area contributed by atoms with Crippen LogP contribution in [0.25, 0.3) is 0 Å². The molecule has 0 aromatic heterocycles. The third kappa shape index (κ3) is 4.34. The molecule has 2 atom stereocenters. The number of hydrogen-bond donors (Lipinski definition) is 1. The van der Waals surface area contributed by atoms with Crippen LogP contribution in [0.15, 0.2) is 42.5 Å². The Labute approximate surface area is 142 Å². The molecule has 0 aliphatic rings. The standard InChI is InChI=1S/C20H24FNO2/c1-5-18(24-19-9-7-6-8-17(19)21)20(23)22-15(4)16-12-13(2)10-11-14(16)3/h6-12,15,18H,5H2,1-4H3,(H,22,23)/t15-,18+/m1/s1. The van der Waals surface area contributed by atoms with Crippen LogP contribution in [-0.4, -0.2) is 12.0 Å². The number of nitrogens with one attached hydrogen (secondary N) is 1. The molecule has 128 valence electrons. The molecule has 0 aliphatic heterocycles. The largest absolute Gasteiger partial charge is 0.478 e. The molecule has 0 unspecified atom stereocenters. The summed E-state index contributed by atoms with van der Waals surface area (Å²) in [6.07, 6.45) is -0.269. The van der Waals surface area contributed by atoms with Crippen molar-refractivity contribution in [2.24, 2.45) is 0 Å². The van der Waals surface area contributed by atoms with Gasteiger partial charge in [0.05, 0.1) is 6.04 Å². The van der Waals surface area contributed by atoms with Crippen LogP contribution in [0.3, 0.4) is 0 Å². The van der Waals surface area contributed by atoms with Crippen molar-refractivity contribution in [2.75, 3.05) is 0 Å². The summed E-state index contributed by atoms with van der Waals surface area (Å²) in [5.41, 5.74) is 3.34. The molecule has 0 saturated carbocycles. The Hall–Kier alpha value is -2.36. The van der Waals surface area contributed by atoms with Crippen LogP contribution in [0.1, 0.15) is 43.0 Å². The first kappa shape index (κ1) is 18.0. The molecule has 0 aliphatic carbocycles. The lowest BCUT2D eigenvalue weighted by atomic mass is 10.00. The molecule has 4 heteroatoms. The van der Waals surface area contributed by atoms with Crippen molar-refractivity contribution in [2.45, 2.75) is 46.3 Å². The Morgan fingerprint density at radius 1 is 1.21 bits per heavy atom. The Morgan fingerprint density at radius 3 is 2.58 bits per heavy atom. The van der Waals surface area contributed by atoms with E-state index in [4.69, 9.17) is 4.74 Å². The smallest absolute Gasteiger partial charge is 0.261 e. The number of hydrogen-bond acceptors (Lipinski definition) is 2. The number of benzene rings is 2.